The van der Waals surface area contributed by atoms with Gasteiger partial charge >= 0.3 is 19.3 Å². The molecule has 0 saturated carbocycles. The molecule has 1 aromatic heterocycles. The number of nitrogens with one attached hydrogen (secondary N) is 1. The molecular weight excluding hydrogens is 507 g/mol. The van der Waals surface area contributed by atoms with E-state index in [0.29, 0.717) is 4.57 Å². The number of hydrogen-bond acceptors (Lipinski definition) is 10. The van der Waals surface area contributed by atoms with E-state index in [9.17, 15) is 29.2 Å². The Balaban J connectivity index is 1.96. The smallest absolute Gasteiger partial charge is 0.380 e. The van der Waals surface area contributed by atoms with Gasteiger partial charge in [0.1, 0.15) is 18.0 Å². The van der Waals surface area contributed by atoms with Gasteiger partial charge in [-0.15, -0.1) is 6.42 Å². The predicted molar refractivity (Wildman–Crippen MR) is 131 cm³/mol. The second kappa shape index (κ2) is 11.5. The minimum atomic E-state index is -4.57. The molecule has 200 valence electrons. The molecule has 1 unspecified atom stereocenters. The fourth-order valence-electron chi connectivity index (χ4n) is 3.46. The molecule has 13 heteroatoms. The fourth-order valence-corrected chi connectivity index (χ4v) is 5.17. The zero-order valence-corrected chi connectivity index (χ0v) is 21.2. The summed E-state index contributed by atoms with van der Waals surface area (Å²) in [5.41, 5.74) is -4.51. The minimum absolute atomic E-state index is 0.0340. The normalized spacial score (nSPS) is 26.9. The summed E-state index contributed by atoms with van der Waals surface area (Å²) in [6.45, 7) is 1.46. The summed E-state index contributed by atoms with van der Waals surface area (Å²) >= 11 is 0. The lowest BCUT2D eigenvalue weighted by atomic mass is 9.95. The van der Waals surface area contributed by atoms with Crippen molar-refractivity contribution >= 4 is 13.6 Å². The number of H-pyrrole nitrogens is 1. The van der Waals surface area contributed by atoms with E-state index < -0.39 is 73.6 Å². The molecule has 2 heterocycles. The molecular formula is C24H29N2O10P. The van der Waals surface area contributed by atoms with Gasteiger partial charge in [-0.25, -0.2) is 9.36 Å². The molecule has 1 aliphatic heterocycles. The molecule has 0 bridgehead atoms. The summed E-state index contributed by atoms with van der Waals surface area (Å²) in [4.78, 5) is 38.1. The second-order valence-corrected chi connectivity index (χ2v) is 10.6. The van der Waals surface area contributed by atoms with E-state index in [2.05, 4.69) is 0 Å². The SMILES string of the molecule is [2H]C([2H])(O[P@@](=O)(C[C@@H](C)C(=O)OC(C)C)Oc1ccccc1)[C@H]1O[C@@H](n2ccc(=O)[nH]c2=O)C(O)(C#C)[C@H]1O. The molecule has 0 amide bonds. The van der Waals surface area contributed by atoms with Crippen LogP contribution < -0.4 is 15.8 Å². The van der Waals surface area contributed by atoms with Gasteiger partial charge in [0.25, 0.3) is 5.56 Å². The number of carbonyl (C=O) groups is 1. The topological polar surface area (TPSA) is 166 Å². The largest absolute Gasteiger partial charge is 0.463 e. The van der Waals surface area contributed by atoms with Gasteiger partial charge in [0.15, 0.2) is 11.8 Å². The van der Waals surface area contributed by atoms with E-state index >= 15 is 0 Å². The zero-order valence-electron chi connectivity index (χ0n) is 22.3. The summed E-state index contributed by atoms with van der Waals surface area (Å²) in [6, 6.07) is 8.57. The van der Waals surface area contributed by atoms with Gasteiger partial charge in [-0.2, -0.15) is 0 Å². The quantitative estimate of drug-likeness (QED) is 0.226. The highest BCUT2D eigenvalue weighted by Gasteiger charge is 2.56. The van der Waals surface area contributed by atoms with Crippen LogP contribution in [-0.4, -0.2) is 62.4 Å². The third kappa shape index (κ3) is 6.57. The van der Waals surface area contributed by atoms with Crippen molar-refractivity contribution in [1.29, 1.82) is 0 Å². The number of terminal acetylenes is 1. The first-order valence-corrected chi connectivity index (χ1v) is 12.9. The molecule has 0 spiro atoms. The molecule has 12 nitrogen and oxygen atoms in total. The van der Waals surface area contributed by atoms with Crippen molar-refractivity contribution in [3.05, 3.63) is 63.4 Å². The Bertz CT molecular complexity index is 1390. The van der Waals surface area contributed by atoms with Crippen molar-refractivity contribution < 1.29 is 40.8 Å². The average molecular weight is 538 g/mol. The first-order valence-electron chi connectivity index (χ1n) is 12.2. The Morgan fingerprint density at radius 3 is 2.59 bits per heavy atom. The number of aliphatic hydroxyl groups is 2. The van der Waals surface area contributed by atoms with Gasteiger partial charge in [0.2, 0.25) is 0 Å². The highest BCUT2D eigenvalue weighted by molar-refractivity contribution is 7.54. The molecule has 37 heavy (non-hydrogen) atoms. The number of esters is 1. The number of para-hydroxylation sites is 1. The second-order valence-electron chi connectivity index (χ2n) is 8.63. The van der Waals surface area contributed by atoms with Crippen LogP contribution in [0.2, 0.25) is 0 Å². The maximum absolute atomic E-state index is 13.9. The summed E-state index contributed by atoms with van der Waals surface area (Å²) in [6.07, 6.45) is -0.952. The molecule has 3 N–H and O–H groups in total. The molecule has 2 aromatic rings. The van der Waals surface area contributed by atoms with Gasteiger partial charge in [0, 0.05) is 12.3 Å². The third-order valence-corrected chi connectivity index (χ3v) is 7.14. The van der Waals surface area contributed by atoms with Crippen LogP contribution in [0.15, 0.2) is 52.2 Å². The van der Waals surface area contributed by atoms with Crippen LogP contribution in [0.3, 0.4) is 0 Å². The van der Waals surface area contributed by atoms with E-state index in [1.807, 2.05) is 10.9 Å². The van der Waals surface area contributed by atoms with Crippen molar-refractivity contribution in [2.75, 3.05) is 12.7 Å². The Hall–Kier alpha value is -3.20. The van der Waals surface area contributed by atoms with E-state index in [1.165, 1.54) is 19.1 Å². The lowest BCUT2D eigenvalue weighted by molar-refractivity contribution is -0.151. The molecule has 3 rings (SSSR count). The van der Waals surface area contributed by atoms with Crippen molar-refractivity contribution in [2.45, 2.75) is 50.9 Å². The standard InChI is InChI=1S/C24H29N2O10P/c1-5-24(31)20(28)18(35-22(24)26-12-11-19(27)25-23(26)30)13-33-37(32,36-17-9-7-6-8-10-17)14-16(4)21(29)34-15(2)3/h1,6-12,15-16,18,20,22,28,31H,13-14H2,2-4H3,(H,25,27,30)/t16-,18-,20+,22-,24?,37+/m1/s1/i13D2. The number of aliphatic hydroxyl groups excluding tert-OH is 1. The van der Waals surface area contributed by atoms with E-state index in [0.717, 1.165) is 12.3 Å². The number of rotatable bonds is 10. The van der Waals surface area contributed by atoms with E-state index in [4.69, 9.17) is 27.7 Å². The molecule has 1 fully saturated rings. The maximum atomic E-state index is 13.9. The maximum Gasteiger partial charge on any atom is 0.380 e. The lowest BCUT2D eigenvalue weighted by Crippen LogP contribution is -2.48. The molecule has 6 atom stereocenters. The van der Waals surface area contributed by atoms with Gasteiger partial charge in [-0.1, -0.05) is 31.0 Å². The average Bonchev–Trinajstić information content (AvgIpc) is 3.10. The highest BCUT2D eigenvalue weighted by Crippen LogP contribution is 2.51. The predicted octanol–water partition coefficient (Wildman–Crippen LogP) is 1.04. The number of ether oxygens (including phenoxy) is 2. The van der Waals surface area contributed by atoms with Crippen LogP contribution in [0.4, 0.5) is 0 Å². The number of nitrogens with zero attached hydrogens (tertiary/aromatic N) is 1. The Labute approximate surface area is 215 Å². The number of aromatic amines is 1. The number of carbonyl (C=O) groups excluding carboxylic acids is 1. The van der Waals surface area contributed by atoms with E-state index in [-0.39, 0.29) is 5.75 Å². The van der Waals surface area contributed by atoms with Gasteiger partial charge in [-0.05, 0) is 26.0 Å². The van der Waals surface area contributed by atoms with Crippen molar-refractivity contribution in [3.8, 4) is 18.1 Å². The monoisotopic (exact) mass is 538 g/mol. The number of aromatic nitrogens is 2. The minimum Gasteiger partial charge on any atom is -0.463 e. The summed E-state index contributed by atoms with van der Waals surface area (Å²) in [7, 11) is -4.57. The molecule has 1 aliphatic rings. The molecule has 0 radical (unpaired) electrons. The van der Waals surface area contributed by atoms with Crippen molar-refractivity contribution in [2.24, 2.45) is 5.92 Å². The van der Waals surface area contributed by atoms with Crippen molar-refractivity contribution in [3.63, 3.8) is 0 Å². The zero-order chi connectivity index (χ0) is 29.2. The molecule has 1 aromatic carbocycles. The number of hydrogen-bond donors (Lipinski definition) is 3. The molecule has 0 aliphatic carbocycles. The van der Waals surface area contributed by atoms with Crippen molar-refractivity contribution in [1.82, 2.24) is 9.55 Å². The Morgan fingerprint density at radius 2 is 2.00 bits per heavy atom. The molecule has 1 saturated heterocycles. The first kappa shape index (κ1) is 25.4. The third-order valence-electron chi connectivity index (χ3n) is 5.27. The van der Waals surface area contributed by atoms with Crippen LogP contribution >= 0.6 is 7.60 Å². The van der Waals surface area contributed by atoms with Gasteiger partial charge in [-0.3, -0.25) is 23.7 Å². The Morgan fingerprint density at radius 1 is 1.32 bits per heavy atom. The van der Waals surface area contributed by atoms with Gasteiger partial charge < -0.3 is 24.2 Å². The van der Waals surface area contributed by atoms with Gasteiger partial charge in [0.05, 0.1) is 27.5 Å². The van der Waals surface area contributed by atoms with E-state index in [1.54, 1.807) is 32.0 Å². The van der Waals surface area contributed by atoms with Crippen LogP contribution in [0.25, 0.3) is 0 Å². The summed E-state index contributed by atoms with van der Waals surface area (Å²) < 4.78 is 53.0. The fraction of sp³-hybridized carbons (Fsp3) is 0.458. The first-order chi connectivity index (χ1) is 18.1. The summed E-state index contributed by atoms with van der Waals surface area (Å²) in [5.74, 6) is 0.128. The van der Waals surface area contributed by atoms with Crippen LogP contribution in [0, 0.1) is 18.3 Å². The highest BCUT2D eigenvalue weighted by atomic mass is 31.2. The lowest BCUT2D eigenvalue weighted by Gasteiger charge is -2.26. The van der Waals surface area contributed by atoms with Crippen LogP contribution in [-0.2, 0) is 23.4 Å². The number of benzene rings is 1. The van der Waals surface area contributed by atoms with Crippen LogP contribution in [0.1, 0.15) is 29.7 Å². The summed E-state index contributed by atoms with van der Waals surface area (Å²) in [5, 5.41) is 21.8. The van der Waals surface area contributed by atoms with Crippen LogP contribution in [0.5, 0.6) is 5.75 Å². The Kier molecular flexibility index (Phi) is 7.88.